The lowest BCUT2D eigenvalue weighted by Crippen LogP contribution is -2.13. The maximum Gasteiger partial charge on any atom is 0.306 e. The molecule has 1 unspecified atom stereocenters. The summed E-state index contributed by atoms with van der Waals surface area (Å²) in [6.07, 6.45) is 7.40. The van der Waals surface area contributed by atoms with E-state index >= 15 is 0 Å². The van der Waals surface area contributed by atoms with Crippen LogP contribution in [0, 0.1) is 5.92 Å². The molecule has 140 valence electrons. The molecule has 1 aliphatic carbocycles. The standard InChI is InChI=1S/C23H25NO3/c1-15(23(25)26)12-16-6-9-22(27-19-4-2-3-5-19)20(13-16)17-7-8-21-18(14-17)10-11-24-21/h6-11,13-15,19,24H,2-5,12H2,1H3,(H,25,26). The largest absolute Gasteiger partial charge is 0.490 e. The summed E-state index contributed by atoms with van der Waals surface area (Å²) < 4.78 is 6.34. The zero-order chi connectivity index (χ0) is 18.8. The summed E-state index contributed by atoms with van der Waals surface area (Å²) in [5.41, 5.74) is 4.26. The van der Waals surface area contributed by atoms with E-state index in [0.717, 1.165) is 46.2 Å². The number of rotatable bonds is 6. The number of nitrogens with one attached hydrogen (secondary N) is 1. The van der Waals surface area contributed by atoms with Crippen molar-refractivity contribution in [2.24, 2.45) is 5.92 Å². The van der Waals surface area contributed by atoms with Crippen molar-refractivity contribution < 1.29 is 14.6 Å². The quantitative estimate of drug-likeness (QED) is 0.615. The number of ether oxygens (including phenoxy) is 1. The van der Waals surface area contributed by atoms with Crippen molar-refractivity contribution >= 4 is 16.9 Å². The number of carboxylic acid groups (broad SMARTS) is 1. The predicted octanol–water partition coefficient (Wildman–Crippen LogP) is 5.42. The van der Waals surface area contributed by atoms with Gasteiger partial charge in [-0.1, -0.05) is 19.1 Å². The molecular weight excluding hydrogens is 338 g/mol. The maximum absolute atomic E-state index is 11.2. The summed E-state index contributed by atoms with van der Waals surface area (Å²) in [4.78, 5) is 14.5. The number of H-pyrrole nitrogens is 1. The molecule has 1 aliphatic rings. The monoisotopic (exact) mass is 363 g/mol. The van der Waals surface area contributed by atoms with Crippen LogP contribution in [-0.4, -0.2) is 22.2 Å². The van der Waals surface area contributed by atoms with Gasteiger partial charge in [-0.3, -0.25) is 4.79 Å². The van der Waals surface area contributed by atoms with Crippen LogP contribution in [0.1, 0.15) is 38.2 Å². The fourth-order valence-electron chi connectivity index (χ4n) is 3.88. The van der Waals surface area contributed by atoms with Crippen LogP contribution in [-0.2, 0) is 11.2 Å². The van der Waals surface area contributed by atoms with Gasteiger partial charge in [0, 0.05) is 17.3 Å². The second kappa shape index (κ2) is 7.47. The van der Waals surface area contributed by atoms with Gasteiger partial charge in [0.15, 0.2) is 0 Å². The van der Waals surface area contributed by atoms with Crippen LogP contribution in [0.25, 0.3) is 22.0 Å². The molecule has 2 aromatic carbocycles. The number of carbonyl (C=O) groups is 1. The van der Waals surface area contributed by atoms with E-state index in [4.69, 9.17) is 4.74 Å². The Morgan fingerprint density at radius 3 is 2.78 bits per heavy atom. The highest BCUT2D eigenvalue weighted by Gasteiger charge is 2.20. The molecular formula is C23H25NO3. The summed E-state index contributed by atoms with van der Waals surface area (Å²) in [7, 11) is 0. The summed E-state index contributed by atoms with van der Waals surface area (Å²) >= 11 is 0. The lowest BCUT2D eigenvalue weighted by molar-refractivity contribution is -0.141. The molecule has 1 heterocycles. The highest BCUT2D eigenvalue weighted by atomic mass is 16.5. The highest BCUT2D eigenvalue weighted by molar-refractivity contribution is 5.86. The Morgan fingerprint density at radius 1 is 1.19 bits per heavy atom. The molecule has 1 saturated carbocycles. The van der Waals surface area contributed by atoms with Crippen molar-refractivity contribution in [3.8, 4) is 16.9 Å². The Morgan fingerprint density at radius 2 is 2.00 bits per heavy atom. The number of carboxylic acids is 1. The van der Waals surface area contributed by atoms with Crippen molar-refractivity contribution in [1.82, 2.24) is 4.98 Å². The first-order valence-electron chi connectivity index (χ1n) is 9.70. The first-order valence-corrected chi connectivity index (χ1v) is 9.70. The molecule has 4 nitrogen and oxygen atoms in total. The van der Waals surface area contributed by atoms with Crippen molar-refractivity contribution in [1.29, 1.82) is 0 Å². The van der Waals surface area contributed by atoms with E-state index in [0.29, 0.717) is 6.42 Å². The Balaban J connectivity index is 1.72. The number of fused-ring (bicyclic) bond motifs is 1. The molecule has 0 bridgehead atoms. The molecule has 27 heavy (non-hydrogen) atoms. The first kappa shape index (κ1) is 17.7. The highest BCUT2D eigenvalue weighted by Crippen LogP contribution is 2.36. The van der Waals surface area contributed by atoms with Gasteiger partial charge in [-0.2, -0.15) is 0 Å². The Kier molecular flexibility index (Phi) is 4.88. The average Bonchev–Trinajstić information content (AvgIpc) is 3.33. The van der Waals surface area contributed by atoms with Crippen LogP contribution < -0.4 is 4.74 Å². The third-order valence-electron chi connectivity index (χ3n) is 5.47. The smallest absolute Gasteiger partial charge is 0.306 e. The van der Waals surface area contributed by atoms with Crippen LogP contribution in [0.4, 0.5) is 0 Å². The fraction of sp³-hybridized carbons (Fsp3) is 0.348. The summed E-state index contributed by atoms with van der Waals surface area (Å²) in [5, 5.41) is 10.4. The second-order valence-electron chi connectivity index (χ2n) is 7.58. The molecule has 3 aromatic rings. The molecule has 0 aliphatic heterocycles. The third kappa shape index (κ3) is 3.85. The molecule has 0 spiro atoms. The summed E-state index contributed by atoms with van der Waals surface area (Å²) in [6, 6.07) is 14.5. The van der Waals surface area contributed by atoms with Gasteiger partial charge in [0.05, 0.1) is 12.0 Å². The first-order chi connectivity index (χ1) is 13.1. The zero-order valence-corrected chi connectivity index (χ0v) is 15.6. The van der Waals surface area contributed by atoms with Gasteiger partial charge >= 0.3 is 5.97 Å². The fourth-order valence-corrected chi connectivity index (χ4v) is 3.88. The molecule has 4 rings (SSSR count). The minimum Gasteiger partial charge on any atom is -0.490 e. The van der Waals surface area contributed by atoms with Crippen LogP contribution in [0.5, 0.6) is 5.75 Å². The number of benzene rings is 2. The number of aliphatic carboxylic acids is 1. The number of aromatic amines is 1. The van der Waals surface area contributed by atoms with E-state index in [-0.39, 0.29) is 6.10 Å². The van der Waals surface area contributed by atoms with Crippen LogP contribution in [0.2, 0.25) is 0 Å². The normalized spacial score (nSPS) is 15.9. The lowest BCUT2D eigenvalue weighted by Gasteiger charge is -2.18. The molecule has 0 amide bonds. The van der Waals surface area contributed by atoms with Crippen LogP contribution >= 0.6 is 0 Å². The van der Waals surface area contributed by atoms with Crippen molar-refractivity contribution in [3.63, 3.8) is 0 Å². The third-order valence-corrected chi connectivity index (χ3v) is 5.47. The van der Waals surface area contributed by atoms with E-state index in [1.165, 1.54) is 12.8 Å². The number of hydrogen-bond acceptors (Lipinski definition) is 2. The van der Waals surface area contributed by atoms with E-state index in [1.807, 2.05) is 18.3 Å². The van der Waals surface area contributed by atoms with E-state index in [9.17, 15) is 9.90 Å². The van der Waals surface area contributed by atoms with E-state index in [2.05, 4.69) is 35.3 Å². The SMILES string of the molecule is CC(Cc1ccc(OC2CCCC2)c(-c2ccc3[nH]ccc3c2)c1)C(=O)O. The minimum atomic E-state index is -0.767. The van der Waals surface area contributed by atoms with Gasteiger partial charge < -0.3 is 14.8 Å². The van der Waals surface area contributed by atoms with Crippen molar-refractivity contribution in [3.05, 3.63) is 54.2 Å². The van der Waals surface area contributed by atoms with Crippen molar-refractivity contribution in [2.75, 3.05) is 0 Å². The summed E-state index contributed by atoms with van der Waals surface area (Å²) in [5.74, 6) is -0.285. The summed E-state index contributed by atoms with van der Waals surface area (Å²) in [6.45, 7) is 1.75. The maximum atomic E-state index is 11.2. The van der Waals surface area contributed by atoms with Gasteiger partial charge in [-0.15, -0.1) is 0 Å². The Labute approximate surface area is 159 Å². The van der Waals surface area contributed by atoms with Gasteiger partial charge in [0.1, 0.15) is 5.75 Å². The van der Waals surface area contributed by atoms with Crippen LogP contribution in [0.3, 0.4) is 0 Å². The second-order valence-corrected chi connectivity index (χ2v) is 7.58. The van der Waals surface area contributed by atoms with E-state index < -0.39 is 11.9 Å². The van der Waals surface area contributed by atoms with Gasteiger partial charge in [0.2, 0.25) is 0 Å². The molecule has 0 saturated heterocycles. The minimum absolute atomic E-state index is 0.281. The van der Waals surface area contributed by atoms with Crippen molar-refractivity contribution in [2.45, 2.75) is 45.1 Å². The average molecular weight is 363 g/mol. The molecule has 4 heteroatoms. The molecule has 1 fully saturated rings. The van der Waals surface area contributed by atoms with Gasteiger partial charge in [0.25, 0.3) is 0 Å². The molecule has 0 radical (unpaired) electrons. The Hall–Kier alpha value is -2.75. The zero-order valence-electron chi connectivity index (χ0n) is 15.6. The molecule has 2 N–H and O–H groups in total. The molecule has 1 aromatic heterocycles. The topological polar surface area (TPSA) is 62.3 Å². The number of hydrogen-bond donors (Lipinski definition) is 2. The molecule has 1 atom stereocenters. The predicted molar refractivity (Wildman–Crippen MR) is 107 cm³/mol. The van der Waals surface area contributed by atoms with Gasteiger partial charge in [-0.25, -0.2) is 0 Å². The number of aromatic nitrogens is 1. The van der Waals surface area contributed by atoms with Gasteiger partial charge in [-0.05, 0) is 78.9 Å². The van der Waals surface area contributed by atoms with Crippen LogP contribution in [0.15, 0.2) is 48.7 Å². The lowest BCUT2D eigenvalue weighted by atomic mass is 9.96. The Bertz CT molecular complexity index is 953. The van der Waals surface area contributed by atoms with E-state index in [1.54, 1.807) is 6.92 Å².